The van der Waals surface area contributed by atoms with E-state index < -0.39 is 11.2 Å². The van der Waals surface area contributed by atoms with Crippen LogP contribution in [0.3, 0.4) is 0 Å². The Morgan fingerprint density at radius 3 is 2.64 bits per heavy atom. The molecule has 33 heavy (non-hydrogen) atoms. The molecule has 3 rings (SSSR count). The summed E-state index contributed by atoms with van der Waals surface area (Å²) >= 11 is 1.22. The lowest BCUT2D eigenvalue weighted by atomic mass is 10.2. The number of aryl methyl sites for hydroxylation is 1. The summed E-state index contributed by atoms with van der Waals surface area (Å²) in [4.78, 5) is 42.0. The largest absolute Gasteiger partial charge is 0.383 e. The Bertz CT molecular complexity index is 1250. The Balaban J connectivity index is 1.91. The quantitative estimate of drug-likeness (QED) is 0.342. The van der Waals surface area contributed by atoms with Crippen LogP contribution in [0, 0.1) is 6.92 Å². The highest BCUT2D eigenvalue weighted by atomic mass is 32.2. The Labute approximate surface area is 195 Å². The normalized spacial score (nSPS) is 10.8. The second-order valence-corrected chi connectivity index (χ2v) is 8.27. The zero-order valence-corrected chi connectivity index (χ0v) is 19.5. The highest BCUT2D eigenvalue weighted by molar-refractivity contribution is 7.99. The summed E-state index contributed by atoms with van der Waals surface area (Å²) in [7, 11) is 0. The van der Waals surface area contributed by atoms with Gasteiger partial charge in [0.15, 0.2) is 10.8 Å². The van der Waals surface area contributed by atoms with E-state index in [4.69, 9.17) is 5.73 Å². The second kappa shape index (κ2) is 10.8. The Morgan fingerprint density at radius 1 is 1.24 bits per heavy atom. The standard InChI is InChI=1S/C22H27N7O3S/c1-4-11-27-15(3)25-26-22(27)33-14-17(30)28(12-5-2)18-19(23)29(21(32)24-20(18)31)13-16-9-7-6-8-10-16/h4,6-10H,1,5,11-14,23H2,2-3H3,(H,24,31,32). The predicted molar refractivity (Wildman–Crippen MR) is 130 cm³/mol. The number of rotatable bonds is 10. The Hall–Kier alpha value is -3.60. The lowest BCUT2D eigenvalue weighted by molar-refractivity contribution is -0.116. The van der Waals surface area contributed by atoms with Gasteiger partial charge in [-0.3, -0.25) is 19.1 Å². The van der Waals surface area contributed by atoms with Crippen molar-refractivity contribution in [3.63, 3.8) is 0 Å². The average molecular weight is 470 g/mol. The van der Waals surface area contributed by atoms with Gasteiger partial charge in [-0.05, 0) is 18.9 Å². The molecular weight excluding hydrogens is 442 g/mol. The van der Waals surface area contributed by atoms with Gasteiger partial charge in [0.2, 0.25) is 5.91 Å². The third-order valence-corrected chi connectivity index (χ3v) is 5.91. The highest BCUT2D eigenvalue weighted by Gasteiger charge is 2.24. The van der Waals surface area contributed by atoms with E-state index in [9.17, 15) is 14.4 Å². The number of thioether (sulfide) groups is 1. The van der Waals surface area contributed by atoms with Gasteiger partial charge in [-0.25, -0.2) is 4.79 Å². The first kappa shape index (κ1) is 24.1. The molecule has 0 saturated carbocycles. The molecular formula is C22H27N7O3S. The van der Waals surface area contributed by atoms with Crippen LogP contribution in [-0.2, 0) is 17.9 Å². The Kier molecular flexibility index (Phi) is 7.88. The van der Waals surface area contributed by atoms with Crippen LogP contribution >= 0.6 is 11.8 Å². The van der Waals surface area contributed by atoms with E-state index in [0.717, 1.165) is 5.56 Å². The van der Waals surface area contributed by atoms with Crippen molar-refractivity contribution in [2.45, 2.75) is 38.5 Å². The van der Waals surface area contributed by atoms with E-state index in [-0.39, 0.29) is 36.3 Å². The predicted octanol–water partition coefficient (Wildman–Crippen LogP) is 1.79. The minimum Gasteiger partial charge on any atom is -0.383 e. The van der Waals surface area contributed by atoms with Gasteiger partial charge in [-0.1, -0.05) is 55.1 Å². The molecule has 2 heterocycles. The number of nitrogens with zero attached hydrogens (tertiary/aromatic N) is 5. The number of hydrogen-bond donors (Lipinski definition) is 2. The van der Waals surface area contributed by atoms with Crippen LogP contribution in [0.25, 0.3) is 0 Å². The molecule has 0 spiro atoms. The third kappa shape index (κ3) is 5.43. The molecule has 3 aromatic rings. The van der Waals surface area contributed by atoms with Crippen molar-refractivity contribution in [1.82, 2.24) is 24.3 Å². The summed E-state index contributed by atoms with van der Waals surface area (Å²) in [5.74, 6) is 0.357. The topological polar surface area (TPSA) is 132 Å². The Morgan fingerprint density at radius 2 is 1.97 bits per heavy atom. The molecule has 0 atom stereocenters. The van der Waals surface area contributed by atoms with E-state index in [0.29, 0.717) is 23.9 Å². The number of amides is 1. The fourth-order valence-corrected chi connectivity index (χ4v) is 4.23. The number of nitrogens with two attached hydrogens (primary N) is 1. The van der Waals surface area contributed by atoms with Crippen molar-refractivity contribution >= 4 is 29.2 Å². The van der Waals surface area contributed by atoms with Crippen LogP contribution in [0.2, 0.25) is 0 Å². The first-order valence-corrected chi connectivity index (χ1v) is 11.5. The van der Waals surface area contributed by atoms with Crippen LogP contribution in [0.1, 0.15) is 24.7 Å². The van der Waals surface area contributed by atoms with Crippen LogP contribution < -0.4 is 21.9 Å². The number of nitrogens with one attached hydrogen (secondary N) is 1. The van der Waals surface area contributed by atoms with Gasteiger partial charge in [0.05, 0.1) is 12.3 Å². The number of hydrogen-bond acceptors (Lipinski definition) is 7. The number of carbonyl (C=O) groups excluding carboxylic acids is 1. The number of H-pyrrole nitrogens is 1. The van der Waals surface area contributed by atoms with Crippen molar-refractivity contribution in [3.8, 4) is 0 Å². The molecule has 0 radical (unpaired) electrons. The van der Waals surface area contributed by atoms with E-state index in [1.165, 1.54) is 21.2 Å². The number of benzene rings is 1. The van der Waals surface area contributed by atoms with E-state index in [2.05, 4.69) is 21.8 Å². The fourth-order valence-electron chi connectivity index (χ4n) is 3.36. The molecule has 0 unspecified atom stereocenters. The summed E-state index contributed by atoms with van der Waals surface area (Å²) in [6.07, 6.45) is 2.32. The maximum absolute atomic E-state index is 13.2. The number of carbonyl (C=O) groups is 1. The smallest absolute Gasteiger partial charge is 0.330 e. The fraction of sp³-hybridized carbons (Fsp3) is 0.318. The van der Waals surface area contributed by atoms with Crippen molar-refractivity contribution in [1.29, 1.82) is 0 Å². The third-order valence-electron chi connectivity index (χ3n) is 4.95. The molecule has 0 bridgehead atoms. The van der Waals surface area contributed by atoms with Crippen molar-refractivity contribution in [3.05, 3.63) is 75.2 Å². The van der Waals surface area contributed by atoms with Crippen molar-refractivity contribution < 1.29 is 4.79 Å². The molecule has 0 aliphatic heterocycles. The minimum absolute atomic E-state index is 0.0198. The van der Waals surface area contributed by atoms with E-state index in [1.807, 2.05) is 48.7 Å². The zero-order valence-electron chi connectivity index (χ0n) is 18.7. The number of aromatic amines is 1. The molecule has 0 fully saturated rings. The van der Waals surface area contributed by atoms with Gasteiger partial charge in [0, 0.05) is 13.1 Å². The van der Waals surface area contributed by atoms with Gasteiger partial charge >= 0.3 is 5.69 Å². The van der Waals surface area contributed by atoms with E-state index in [1.54, 1.807) is 6.08 Å². The molecule has 0 saturated heterocycles. The summed E-state index contributed by atoms with van der Waals surface area (Å²) < 4.78 is 3.11. The van der Waals surface area contributed by atoms with Gasteiger partial charge in [0.1, 0.15) is 11.6 Å². The number of allylic oxidation sites excluding steroid dienone is 1. The van der Waals surface area contributed by atoms with Crippen LogP contribution in [0.15, 0.2) is 57.7 Å². The highest BCUT2D eigenvalue weighted by Crippen LogP contribution is 2.22. The molecule has 1 aromatic carbocycles. The van der Waals surface area contributed by atoms with Gasteiger partial charge in [0.25, 0.3) is 5.56 Å². The molecule has 11 heteroatoms. The molecule has 3 N–H and O–H groups in total. The first-order chi connectivity index (χ1) is 15.9. The van der Waals surface area contributed by atoms with Gasteiger partial charge < -0.3 is 15.2 Å². The van der Waals surface area contributed by atoms with Crippen LogP contribution in [-0.4, -0.2) is 42.5 Å². The number of nitrogen functional groups attached to an aromatic ring is 1. The second-order valence-electron chi connectivity index (χ2n) is 7.33. The summed E-state index contributed by atoms with van der Waals surface area (Å²) in [5.41, 5.74) is 5.77. The molecule has 1 amide bonds. The SMILES string of the molecule is C=CCn1c(C)nnc1SCC(=O)N(CCC)c1c(N)n(Cc2ccccc2)c(=O)[nH]c1=O. The number of aromatic nitrogens is 5. The maximum Gasteiger partial charge on any atom is 0.330 e. The van der Waals surface area contributed by atoms with Crippen LogP contribution in [0.4, 0.5) is 11.5 Å². The van der Waals surface area contributed by atoms with Gasteiger partial charge in [-0.2, -0.15) is 0 Å². The summed E-state index contributed by atoms with van der Waals surface area (Å²) in [6, 6.07) is 9.26. The molecule has 0 aliphatic rings. The van der Waals surface area contributed by atoms with E-state index >= 15 is 0 Å². The summed E-state index contributed by atoms with van der Waals surface area (Å²) in [6.45, 7) is 8.40. The number of anilines is 2. The van der Waals surface area contributed by atoms with Crippen molar-refractivity contribution in [2.24, 2.45) is 0 Å². The first-order valence-electron chi connectivity index (χ1n) is 10.5. The summed E-state index contributed by atoms with van der Waals surface area (Å²) in [5, 5.41) is 8.74. The average Bonchev–Trinajstić information content (AvgIpc) is 3.14. The maximum atomic E-state index is 13.2. The molecule has 2 aromatic heterocycles. The monoisotopic (exact) mass is 469 g/mol. The minimum atomic E-state index is -0.695. The van der Waals surface area contributed by atoms with Crippen molar-refractivity contribution in [2.75, 3.05) is 22.9 Å². The van der Waals surface area contributed by atoms with Gasteiger partial charge in [-0.15, -0.1) is 16.8 Å². The zero-order chi connectivity index (χ0) is 24.0. The molecule has 0 aliphatic carbocycles. The molecule has 10 nitrogen and oxygen atoms in total. The van der Waals surface area contributed by atoms with Crippen LogP contribution in [0.5, 0.6) is 0 Å². The lowest BCUT2D eigenvalue weighted by Gasteiger charge is -2.24. The lowest BCUT2D eigenvalue weighted by Crippen LogP contribution is -2.42. The molecule has 174 valence electrons.